The van der Waals surface area contributed by atoms with Crippen LogP contribution in [0.5, 0.6) is 11.5 Å². The predicted molar refractivity (Wildman–Crippen MR) is 63.3 cm³/mol. The standard InChI is InChI=1S/C12H17NO3/c1-3-4-5-6-9-7-10(13-15)8-11(14)12(9)16-2/h7-8,14H,3-6H2,1-2H3. The highest BCUT2D eigenvalue weighted by Crippen LogP contribution is 2.35. The van der Waals surface area contributed by atoms with Gasteiger partial charge in [-0.05, 0) is 24.1 Å². The van der Waals surface area contributed by atoms with Crippen LogP contribution in [0.4, 0.5) is 5.69 Å². The molecule has 0 bridgehead atoms. The van der Waals surface area contributed by atoms with E-state index in [0.29, 0.717) is 5.75 Å². The first-order chi connectivity index (χ1) is 7.72. The Bertz CT molecular complexity index is 364. The van der Waals surface area contributed by atoms with Crippen molar-refractivity contribution in [2.75, 3.05) is 7.11 Å². The Morgan fingerprint density at radius 2 is 2.12 bits per heavy atom. The number of ether oxygens (including phenoxy) is 1. The van der Waals surface area contributed by atoms with Crippen LogP contribution in [0.15, 0.2) is 17.3 Å². The Morgan fingerprint density at radius 3 is 2.69 bits per heavy atom. The van der Waals surface area contributed by atoms with E-state index >= 15 is 0 Å². The number of hydrogen-bond acceptors (Lipinski definition) is 4. The number of hydrogen-bond donors (Lipinski definition) is 1. The zero-order chi connectivity index (χ0) is 12.0. The maximum atomic E-state index is 10.4. The maximum absolute atomic E-state index is 10.4. The maximum Gasteiger partial charge on any atom is 0.163 e. The van der Waals surface area contributed by atoms with Crippen molar-refractivity contribution in [3.63, 3.8) is 0 Å². The van der Waals surface area contributed by atoms with E-state index in [1.54, 1.807) is 6.07 Å². The number of unbranched alkanes of at least 4 members (excludes halogenated alkanes) is 2. The predicted octanol–water partition coefficient (Wildman–Crippen LogP) is 3.53. The fourth-order valence-corrected chi connectivity index (χ4v) is 1.70. The average Bonchev–Trinajstić information content (AvgIpc) is 2.29. The van der Waals surface area contributed by atoms with Gasteiger partial charge in [-0.1, -0.05) is 19.8 Å². The van der Waals surface area contributed by atoms with Gasteiger partial charge in [0.15, 0.2) is 11.5 Å². The van der Waals surface area contributed by atoms with Crippen LogP contribution in [-0.4, -0.2) is 12.2 Å². The quantitative estimate of drug-likeness (QED) is 0.592. The van der Waals surface area contributed by atoms with Crippen LogP contribution in [0.3, 0.4) is 0 Å². The van der Waals surface area contributed by atoms with Crippen LogP contribution >= 0.6 is 0 Å². The first-order valence-corrected chi connectivity index (χ1v) is 5.46. The molecule has 0 spiro atoms. The molecule has 0 aliphatic heterocycles. The van der Waals surface area contributed by atoms with E-state index in [0.717, 1.165) is 31.2 Å². The number of phenols is 1. The lowest BCUT2D eigenvalue weighted by molar-refractivity contribution is 0.369. The third kappa shape index (κ3) is 2.95. The van der Waals surface area contributed by atoms with Crippen LogP contribution in [0, 0.1) is 4.91 Å². The molecule has 0 atom stereocenters. The molecule has 0 unspecified atom stereocenters. The molecule has 1 aromatic carbocycles. The molecule has 0 saturated carbocycles. The van der Waals surface area contributed by atoms with Gasteiger partial charge >= 0.3 is 0 Å². The lowest BCUT2D eigenvalue weighted by atomic mass is 10.0. The lowest BCUT2D eigenvalue weighted by Gasteiger charge is -2.10. The fourth-order valence-electron chi connectivity index (χ4n) is 1.70. The number of aromatic hydroxyl groups is 1. The van der Waals surface area contributed by atoms with Crippen LogP contribution in [0.2, 0.25) is 0 Å². The van der Waals surface area contributed by atoms with Crippen molar-refractivity contribution in [3.05, 3.63) is 22.6 Å². The van der Waals surface area contributed by atoms with E-state index in [-0.39, 0.29) is 11.4 Å². The highest BCUT2D eigenvalue weighted by atomic mass is 16.5. The first kappa shape index (κ1) is 12.5. The SMILES string of the molecule is CCCCCc1cc(N=O)cc(O)c1OC. The zero-order valence-electron chi connectivity index (χ0n) is 9.69. The Morgan fingerprint density at radius 1 is 1.38 bits per heavy atom. The third-order valence-corrected chi connectivity index (χ3v) is 2.49. The van der Waals surface area contributed by atoms with Gasteiger partial charge in [0.05, 0.1) is 7.11 Å². The number of rotatable bonds is 6. The van der Waals surface area contributed by atoms with Crippen molar-refractivity contribution in [2.45, 2.75) is 32.6 Å². The van der Waals surface area contributed by atoms with Crippen molar-refractivity contribution in [1.82, 2.24) is 0 Å². The Hall–Kier alpha value is -1.58. The number of aryl methyl sites for hydroxylation is 1. The molecule has 0 fully saturated rings. The van der Waals surface area contributed by atoms with Gasteiger partial charge in [-0.3, -0.25) is 0 Å². The minimum atomic E-state index is -0.0221. The summed E-state index contributed by atoms with van der Waals surface area (Å²) in [5.41, 5.74) is 1.08. The summed E-state index contributed by atoms with van der Waals surface area (Å²) in [6, 6.07) is 2.98. The van der Waals surface area contributed by atoms with Gasteiger partial charge in [0.1, 0.15) is 5.69 Å². The van der Waals surface area contributed by atoms with Crippen LogP contribution in [0.25, 0.3) is 0 Å². The second-order valence-electron chi connectivity index (χ2n) is 3.71. The van der Waals surface area contributed by atoms with E-state index < -0.39 is 0 Å². The molecule has 16 heavy (non-hydrogen) atoms. The van der Waals surface area contributed by atoms with Gasteiger partial charge in [-0.25, -0.2) is 0 Å². The molecule has 1 aromatic rings. The van der Waals surface area contributed by atoms with Crippen molar-refractivity contribution in [2.24, 2.45) is 5.18 Å². The summed E-state index contributed by atoms with van der Waals surface area (Å²) >= 11 is 0. The van der Waals surface area contributed by atoms with E-state index in [4.69, 9.17) is 4.74 Å². The normalized spacial score (nSPS) is 10.1. The molecule has 0 aromatic heterocycles. The van der Waals surface area contributed by atoms with Crippen molar-refractivity contribution in [3.8, 4) is 11.5 Å². The highest BCUT2D eigenvalue weighted by Gasteiger charge is 2.11. The van der Waals surface area contributed by atoms with Crippen molar-refractivity contribution < 1.29 is 9.84 Å². The van der Waals surface area contributed by atoms with E-state index in [1.165, 1.54) is 13.2 Å². The van der Waals surface area contributed by atoms with Gasteiger partial charge in [-0.15, -0.1) is 4.91 Å². The summed E-state index contributed by atoms with van der Waals surface area (Å²) in [7, 11) is 1.51. The molecule has 0 aliphatic carbocycles. The topological polar surface area (TPSA) is 58.9 Å². The summed E-state index contributed by atoms with van der Waals surface area (Å²) in [6.07, 6.45) is 4.03. The van der Waals surface area contributed by atoms with Crippen molar-refractivity contribution in [1.29, 1.82) is 0 Å². The highest BCUT2D eigenvalue weighted by molar-refractivity contribution is 5.56. The number of nitrogens with zero attached hydrogens (tertiary/aromatic N) is 1. The lowest BCUT2D eigenvalue weighted by Crippen LogP contribution is -1.93. The summed E-state index contributed by atoms with van der Waals surface area (Å²) in [6.45, 7) is 2.12. The van der Waals surface area contributed by atoms with Crippen LogP contribution < -0.4 is 4.74 Å². The molecular formula is C12H17NO3. The minimum absolute atomic E-state index is 0.0221. The number of phenolic OH excluding ortho intramolecular Hbond substituents is 1. The molecule has 88 valence electrons. The summed E-state index contributed by atoms with van der Waals surface area (Å²) in [5.74, 6) is 0.426. The minimum Gasteiger partial charge on any atom is -0.504 e. The Labute approximate surface area is 95.2 Å². The fraction of sp³-hybridized carbons (Fsp3) is 0.500. The van der Waals surface area contributed by atoms with E-state index in [2.05, 4.69) is 12.1 Å². The van der Waals surface area contributed by atoms with Crippen LogP contribution in [0.1, 0.15) is 31.7 Å². The second-order valence-corrected chi connectivity index (χ2v) is 3.71. The molecule has 0 saturated heterocycles. The number of benzene rings is 1. The van der Waals surface area contributed by atoms with Gasteiger partial charge in [0, 0.05) is 11.6 Å². The molecule has 4 nitrogen and oxygen atoms in total. The monoisotopic (exact) mass is 223 g/mol. The largest absolute Gasteiger partial charge is 0.504 e. The zero-order valence-corrected chi connectivity index (χ0v) is 9.69. The number of methoxy groups -OCH3 is 1. The van der Waals surface area contributed by atoms with Gasteiger partial charge in [0.25, 0.3) is 0 Å². The molecular weight excluding hydrogens is 206 g/mol. The van der Waals surface area contributed by atoms with Gasteiger partial charge < -0.3 is 9.84 Å². The van der Waals surface area contributed by atoms with E-state index in [1.807, 2.05) is 0 Å². The van der Waals surface area contributed by atoms with Gasteiger partial charge in [-0.2, -0.15) is 0 Å². The Balaban J connectivity index is 2.93. The van der Waals surface area contributed by atoms with E-state index in [9.17, 15) is 10.0 Å². The summed E-state index contributed by atoms with van der Waals surface area (Å²) < 4.78 is 5.11. The van der Waals surface area contributed by atoms with Crippen molar-refractivity contribution >= 4 is 5.69 Å². The molecule has 1 rings (SSSR count). The average molecular weight is 223 g/mol. The molecule has 0 aliphatic rings. The van der Waals surface area contributed by atoms with Gasteiger partial charge in [0.2, 0.25) is 0 Å². The molecule has 0 amide bonds. The van der Waals surface area contributed by atoms with Crippen LogP contribution in [-0.2, 0) is 6.42 Å². The molecule has 4 heteroatoms. The molecule has 1 N–H and O–H groups in total. The smallest absolute Gasteiger partial charge is 0.163 e. The number of nitroso groups, excluding NO2 is 1. The second kappa shape index (κ2) is 6.10. The molecule has 0 radical (unpaired) electrons. The summed E-state index contributed by atoms with van der Waals surface area (Å²) in [5, 5.41) is 12.5. The molecule has 0 heterocycles. The summed E-state index contributed by atoms with van der Waals surface area (Å²) in [4.78, 5) is 10.4. The third-order valence-electron chi connectivity index (χ3n) is 2.49. The first-order valence-electron chi connectivity index (χ1n) is 5.46. The Kier molecular flexibility index (Phi) is 4.76.